The van der Waals surface area contributed by atoms with Crippen LogP contribution in [0.2, 0.25) is 0 Å². The van der Waals surface area contributed by atoms with E-state index in [1.54, 1.807) is 31.3 Å². The highest BCUT2D eigenvalue weighted by molar-refractivity contribution is 7.98. The molecule has 0 aliphatic rings. The van der Waals surface area contributed by atoms with Crippen molar-refractivity contribution >= 4 is 11.8 Å². The lowest BCUT2D eigenvalue weighted by Gasteiger charge is -2.12. The van der Waals surface area contributed by atoms with Gasteiger partial charge in [0.15, 0.2) is 0 Å². The molecule has 0 saturated heterocycles. The van der Waals surface area contributed by atoms with Gasteiger partial charge in [-0.2, -0.15) is 0 Å². The van der Waals surface area contributed by atoms with Crippen molar-refractivity contribution in [3.63, 3.8) is 0 Å². The summed E-state index contributed by atoms with van der Waals surface area (Å²) < 4.78 is 11.1. The normalized spacial score (nSPS) is 10.3. The van der Waals surface area contributed by atoms with E-state index < -0.39 is 0 Å². The number of nitrogens with zero attached hydrogens (tertiary/aromatic N) is 1. The molecular weight excluding hydrogens is 260 g/mol. The third-order valence-corrected chi connectivity index (χ3v) is 3.45. The number of aromatic nitrogens is 1. The van der Waals surface area contributed by atoms with Crippen LogP contribution < -0.4 is 15.2 Å². The molecule has 0 amide bonds. The Morgan fingerprint density at radius 1 is 1.26 bits per heavy atom. The Balaban J connectivity index is 2.28. The van der Waals surface area contributed by atoms with E-state index in [0.29, 0.717) is 18.0 Å². The van der Waals surface area contributed by atoms with Crippen molar-refractivity contribution in [2.45, 2.75) is 11.4 Å². The van der Waals surface area contributed by atoms with Gasteiger partial charge < -0.3 is 15.2 Å². The van der Waals surface area contributed by atoms with E-state index in [1.165, 1.54) is 0 Å². The zero-order valence-corrected chi connectivity index (χ0v) is 11.7. The van der Waals surface area contributed by atoms with Crippen LogP contribution >= 0.6 is 11.8 Å². The van der Waals surface area contributed by atoms with Gasteiger partial charge in [-0.3, -0.25) is 4.98 Å². The van der Waals surface area contributed by atoms with Gasteiger partial charge >= 0.3 is 0 Å². The highest BCUT2D eigenvalue weighted by Crippen LogP contribution is 2.33. The van der Waals surface area contributed by atoms with E-state index in [-0.39, 0.29) is 0 Å². The number of nitrogens with two attached hydrogens (primary N) is 1. The van der Waals surface area contributed by atoms with Gasteiger partial charge in [-0.15, -0.1) is 11.8 Å². The molecule has 2 aromatic rings. The number of thioether (sulfide) groups is 1. The molecule has 4 nitrogen and oxygen atoms in total. The molecule has 2 N–H and O–H groups in total. The predicted molar refractivity (Wildman–Crippen MR) is 77.0 cm³/mol. The van der Waals surface area contributed by atoms with E-state index in [0.717, 1.165) is 16.2 Å². The maximum Gasteiger partial charge on any atom is 0.150 e. The Kier molecular flexibility index (Phi) is 4.65. The van der Waals surface area contributed by atoms with Gasteiger partial charge in [-0.1, -0.05) is 0 Å². The summed E-state index contributed by atoms with van der Waals surface area (Å²) in [6.07, 6.45) is 5.37. The van der Waals surface area contributed by atoms with Crippen molar-refractivity contribution in [3.05, 3.63) is 42.2 Å². The molecule has 19 heavy (non-hydrogen) atoms. The van der Waals surface area contributed by atoms with Gasteiger partial charge in [0.25, 0.3) is 0 Å². The van der Waals surface area contributed by atoms with E-state index in [1.807, 2.05) is 30.5 Å². The number of rotatable bonds is 5. The van der Waals surface area contributed by atoms with Crippen LogP contribution in [0.15, 0.2) is 41.6 Å². The fourth-order valence-electron chi connectivity index (χ4n) is 1.68. The first-order valence-electron chi connectivity index (χ1n) is 5.81. The lowest BCUT2D eigenvalue weighted by Crippen LogP contribution is -2.00. The summed E-state index contributed by atoms with van der Waals surface area (Å²) in [5.41, 5.74) is 6.59. The summed E-state index contributed by atoms with van der Waals surface area (Å²) in [7, 11) is 1.65. The average molecular weight is 276 g/mol. The van der Waals surface area contributed by atoms with Crippen LogP contribution in [0.1, 0.15) is 5.56 Å². The topological polar surface area (TPSA) is 57.4 Å². The lowest BCUT2D eigenvalue weighted by atomic mass is 10.2. The second-order valence-electron chi connectivity index (χ2n) is 3.81. The number of hydrogen-bond donors (Lipinski definition) is 1. The molecule has 2 rings (SSSR count). The van der Waals surface area contributed by atoms with E-state index in [4.69, 9.17) is 15.2 Å². The second-order valence-corrected chi connectivity index (χ2v) is 4.65. The minimum absolute atomic E-state index is 0.415. The van der Waals surface area contributed by atoms with Gasteiger partial charge in [0.2, 0.25) is 0 Å². The molecule has 100 valence electrons. The number of ether oxygens (including phenoxy) is 2. The first-order valence-corrected chi connectivity index (χ1v) is 7.03. The first kappa shape index (κ1) is 13.7. The third kappa shape index (κ3) is 3.19. The van der Waals surface area contributed by atoms with E-state index >= 15 is 0 Å². The number of pyridine rings is 1. The standard InChI is InChI=1S/C14H16N2O2S/c1-17-12-7-11(3-4-14(12)19-2)18-13-9-16-6-5-10(13)8-15/h3-7,9H,8,15H2,1-2H3. The monoisotopic (exact) mass is 276 g/mol. The Labute approximate surface area is 116 Å². The predicted octanol–water partition coefficient (Wildman–Crippen LogP) is 3.06. The molecule has 0 bridgehead atoms. The molecular formula is C14H16N2O2S. The molecule has 0 aliphatic heterocycles. The fraction of sp³-hybridized carbons (Fsp3) is 0.214. The van der Waals surface area contributed by atoms with Gasteiger partial charge in [-0.05, 0) is 24.5 Å². The summed E-state index contributed by atoms with van der Waals surface area (Å²) in [5.74, 6) is 2.17. The Bertz CT molecular complexity index is 561. The highest BCUT2D eigenvalue weighted by Gasteiger charge is 2.07. The Hall–Kier alpha value is -1.72. The quantitative estimate of drug-likeness (QED) is 0.851. The number of methoxy groups -OCH3 is 1. The number of hydrogen-bond acceptors (Lipinski definition) is 5. The Morgan fingerprint density at radius 3 is 2.79 bits per heavy atom. The minimum atomic E-state index is 0.415. The van der Waals surface area contributed by atoms with Gasteiger partial charge in [-0.25, -0.2) is 0 Å². The SMILES string of the molecule is COc1cc(Oc2cnccc2CN)ccc1SC. The third-order valence-electron chi connectivity index (χ3n) is 2.67. The molecule has 5 heteroatoms. The van der Waals surface area contributed by atoms with Gasteiger partial charge in [0.05, 0.1) is 13.3 Å². The molecule has 0 saturated carbocycles. The molecule has 1 aromatic carbocycles. The molecule has 0 spiro atoms. The van der Waals surface area contributed by atoms with Crippen LogP contribution in [0.5, 0.6) is 17.2 Å². The molecule has 0 aliphatic carbocycles. The van der Waals surface area contributed by atoms with Crippen molar-refractivity contribution in [2.24, 2.45) is 5.73 Å². The molecule has 0 unspecified atom stereocenters. The highest BCUT2D eigenvalue weighted by atomic mass is 32.2. The van der Waals surface area contributed by atoms with Crippen LogP contribution in [0.4, 0.5) is 0 Å². The van der Waals surface area contributed by atoms with E-state index in [2.05, 4.69) is 4.98 Å². The summed E-state index contributed by atoms with van der Waals surface area (Å²) in [5, 5.41) is 0. The largest absolute Gasteiger partial charge is 0.495 e. The zero-order chi connectivity index (χ0) is 13.7. The zero-order valence-electron chi connectivity index (χ0n) is 10.9. The molecule has 0 radical (unpaired) electrons. The van der Waals surface area contributed by atoms with Crippen molar-refractivity contribution in [1.82, 2.24) is 4.98 Å². The average Bonchev–Trinajstić information content (AvgIpc) is 2.47. The van der Waals surface area contributed by atoms with Gasteiger partial charge in [0, 0.05) is 29.3 Å². The minimum Gasteiger partial charge on any atom is -0.495 e. The summed E-state index contributed by atoms with van der Waals surface area (Å²) in [6, 6.07) is 7.58. The lowest BCUT2D eigenvalue weighted by molar-refractivity contribution is 0.398. The maximum atomic E-state index is 5.81. The van der Waals surface area contributed by atoms with Crippen molar-refractivity contribution in [2.75, 3.05) is 13.4 Å². The maximum absolute atomic E-state index is 5.81. The van der Waals surface area contributed by atoms with Crippen LogP contribution in [-0.4, -0.2) is 18.3 Å². The first-order chi connectivity index (χ1) is 9.28. The van der Waals surface area contributed by atoms with Crippen LogP contribution in [0.25, 0.3) is 0 Å². The van der Waals surface area contributed by atoms with Crippen LogP contribution in [-0.2, 0) is 6.54 Å². The molecule has 1 heterocycles. The summed E-state index contributed by atoms with van der Waals surface area (Å²) in [6.45, 7) is 0.415. The van der Waals surface area contributed by atoms with Gasteiger partial charge in [0.1, 0.15) is 17.2 Å². The second kappa shape index (κ2) is 6.45. The van der Waals surface area contributed by atoms with Crippen molar-refractivity contribution < 1.29 is 9.47 Å². The molecule has 0 atom stereocenters. The molecule has 1 aromatic heterocycles. The Morgan fingerprint density at radius 2 is 2.11 bits per heavy atom. The number of benzene rings is 1. The smallest absolute Gasteiger partial charge is 0.150 e. The molecule has 0 fully saturated rings. The fourth-order valence-corrected chi connectivity index (χ4v) is 2.22. The van der Waals surface area contributed by atoms with Crippen molar-refractivity contribution in [1.29, 1.82) is 0 Å². The summed E-state index contributed by atoms with van der Waals surface area (Å²) in [4.78, 5) is 5.12. The van der Waals surface area contributed by atoms with Crippen molar-refractivity contribution in [3.8, 4) is 17.2 Å². The summed E-state index contributed by atoms with van der Waals surface area (Å²) >= 11 is 1.63. The van der Waals surface area contributed by atoms with Crippen LogP contribution in [0, 0.1) is 0 Å². The van der Waals surface area contributed by atoms with Crippen LogP contribution in [0.3, 0.4) is 0 Å². The van der Waals surface area contributed by atoms with E-state index in [9.17, 15) is 0 Å².